The molecule has 0 atom stereocenters. The quantitative estimate of drug-likeness (QED) is 0.648. The molecule has 0 radical (unpaired) electrons. The Hall–Kier alpha value is -1.30. The zero-order valence-electron chi connectivity index (χ0n) is 7.77. The molecule has 1 rings (SSSR count). The van der Waals surface area contributed by atoms with E-state index in [-0.39, 0.29) is 13.0 Å². The fraction of sp³-hybridized carbons (Fsp3) is 0.750. The van der Waals surface area contributed by atoms with Crippen LogP contribution in [-0.2, 0) is 14.3 Å². The van der Waals surface area contributed by atoms with E-state index in [2.05, 4.69) is 9.47 Å². The zero-order chi connectivity index (χ0) is 10.8. The molecule has 1 aliphatic heterocycles. The summed E-state index contributed by atoms with van der Waals surface area (Å²) in [6.07, 6.45) is 0.712. The fourth-order valence-corrected chi connectivity index (χ4v) is 0.642. The summed E-state index contributed by atoms with van der Waals surface area (Å²) in [7, 11) is 0. The van der Waals surface area contributed by atoms with Crippen LogP contribution in [0.3, 0.4) is 0 Å². The van der Waals surface area contributed by atoms with E-state index < -0.39 is 12.1 Å². The van der Waals surface area contributed by atoms with Gasteiger partial charge in [-0.1, -0.05) is 0 Å². The van der Waals surface area contributed by atoms with Crippen molar-refractivity contribution in [3.63, 3.8) is 0 Å². The van der Waals surface area contributed by atoms with Crippen molar-refractivity contribution >= 4 is 12.1 Å². The van der Waals surface area contributed by atoms with Gasteiger partial charge in [0, 0.05) is 19.4 Å². The summed E-state index contributed by atoms with van der Waals surface area (Å²) in [5.74, 6) is -0.853. The Labute approximate surface area is 81.4 Å². The lowest BCUT2D eigenvalue weighted by molar-refractivity contribution is -0.137. The lowest BCUT2D eigenvalue weighted by atomic mass is 10.3. The Bertz CT molecular complexity index is 171. The van der Waals surface area contributed by atoms with Crippen molar-refractivity contribution in [1.29, 1.82) is 0 Å². The van der Waals surface area contributed by atoms with Crippen molar-refractivity contribution in [3.8, 4) is 0 Å². The molecule has 0 aliphatic carbocycles. The second-order valence-corrected chi connectivity index (χ2v) is 2.52. The summed E-state index contributed by atoms with van der Waals surface area (Å²) in [6.45, 7) is 0.990. The first-order valence-electron chi connectivity index (χ1n) is 4.29. The predicted octanol–water partition coefficient (Wildman–Crippen LogP) is 0.387. The maximum atomic E-state index is 10.0. The molecular weight excluding hydrogens is 192 g/mol. The number of aliphatic hydroxyl groups excluding tert-OH is 1. The van der Waals surface area contributed by atoms with Gasteiger partial charge in [0.1, 0.15) is 0 Å². The standard InChI is InChI=1S/C4H6O3.C4H8O3/c5-4-6-2-1-3-7-4;5-3-1-2-4(6)7/h1-3H2;5H,1-3H2,(H,6,7). The summed E-state index contributed by atoms with van der Waals surface area (Å²) < 4.78 is 8.83. The normalized spacial score (nSPS) is 14.5. The van der Waals surface area contributed by atoms with Crippen molar-refractivity contribution < 1.29 is 29.3 Å². The van der Waals surface area contributed by atoms with E-state index in [9.17, 15) is 9.59 Å². The van der Waals surface area contributed by atoms with Crippen molar-refractivity contribution in [3.05, 3.63) is 0 Å². The van der Waals surface area contributed by atoms with E-state index in [0.717, 1.165) is 6.42 Å². The minimum atomic E-state index is -0.853. The third kappa shape index (κ3) is 8.79. The topological polar surface area (TPSA) is 93.1 Å². The lowest BCUT2D eigenvalue weighted by Gasteiger charge is -2.09. The highest BCUT2D eigenvalue weighted by atomic mass is 16.7. The van der Waals surface area contributed by atoms with Crippen LogP contribution in [0, 0.1) is 0 Å². The maximum absolute atomic E-state index is 10.0. The predicted molar refractivity (Wildman–Crippen MR) is 45.9 cm³/mol. The van der Waals surface area contributed by atoms with Crippen molar-refractivity contribution in [2.75, 3.05) is 19.8 Å². The second kappa shape index (κ2) is 8.31. The van der Waals surface area contributed by atoms with E-state index in [0.29, 0.717) is 19.6 Å². The fourth-order valence-electron chi connectivity index (χ4n) is 0.642. The summed E-state index contributed by atoms with van der Waals surface area (Å²) in [5, 5.41) is 16.0. The minimum absolute atomic E-state index is 0.0354. The van der Waals surface area contributed by atoms with Gasteiger partial charge in [0.05, 0.1) is 13.2 Å². The van der Waals surface area contributed by atoms with Gasteiger partial charge in [-0.05, 0) is 6.42 Å². The number of rotatable bonds is 3. The monoisotopic (exact) mass is 206 g/mol. The molecule has 1 saturated heterocycles. The van der Waals surface area contributed by atoms with Crippen LogP contribution in [0.25, 0.3) is 0 Å². The molecule has 0 aromatic carbocycles. The van der Waals surface area contributed by atoms with Crippen LogP contribution >= 0.6 is 0 Å². The summed E-state index contributed by atoms with van der Waals surface area (Å²) in [4.78, 5) is 19.7. The molecule has 6 heteroatoms. The highest BCUT2D eigenvalue weighted by molar-refractivity contribution is 5.66. The minimum Gasteiger partial charge on any atom is -0.481 e. The van der Waals surface area contributed by atoms with Crippen molar-refractivity contribution in [2.45, 2.75) is 19.3 Å². The number of carboxylic acid groups (broad SMARTS) is 1. The molecule has 1 aliphatic rings. The van der Waals surface area contributed by atoms with Crippen LogP contribution in [0.4, 0.5) is 4.79 Å². The van der Waals surface area contributed by atoms with Gasteiger partial charge in [0.2, 0.25) is 0 Å². The highest BCUT2D eigenvalue weighted by Crippen LogP contribution is 1.95. The number of aliphatic hydroxyl groups is 1. The van der Waals surface area contributed by atoms with Crippen molar-refractivity contribution in [2.24, 2.45) is 0 Å². The van der Waals surface area contributed by atoms with Gasteiger partial charge in [-0.15, -0.1) is 0 Å². The molecule has 0 saturated carbocycles. The third-order valence-corrected chi connectivity index (χ3v) is 1.28. The van der Waals surface area contributed by atoms with Gasteiger partial charge in [-0.3, -0.25) is 4.79 Å². The molecule has 82 valence electrons. The second-order valence-electron chi connectivity index (χ2n) is 2.52. The van der Waals surface area contributed by atoms with E-state index in [4.69, 9.17) is 10.2 Å². The molecule has 0 spiro atoms. The number of ether oxygens (including phenoxy) is 2. The molecule has 14 heavy (non-hydrogen) atoms. The van der Waals surface area contributed by atoms with Gasteiger partial charge < -0.3 is 19.7 Å². The third-order valence-electron chi connectivity index (χ3n) is 1.28. The molecule has 2 N–H and O–H groups in total. The van der Waals surface area contributed by atoms with E-state index in [1.807, 2.05) is 0 Å². The SMILES string of the molecule is O=C(O)CCCO.O=C1OCCCO1. The summed E-state index contributed by atoms with van der Waals surface area (Å²) >= 11 is 0. The number of cyclic esters (lactones) is 2. The van der Waals surface area contributed by atoms with Crippen molar-refractivity contribution in [1.82, 2.24) is 0 Å². The summed E-state index contributed by atoms with van der Waals surface area (Å²) in [5.41, 5.74) is 0. The van der Waals surface area contributed by atoms with Gasteiger partial charge in [0.15, 0.2) is 0 Å². The first-order valence-corrected chi connectivity index (χ1v) is 4.29. The Morgan fingerprint density at radius 3 is 2.14 bits per heavy atom. The van der Waals surface area contributed by atoms with E-state index >= 15 is 0 Å². The number of carboxylic acids is 1. The number of hydrogen-bond donors (Lipinski definition) is 2. The Kier molecular flexibility index (Phi) is 7.53. The average Bonchev–Trinajstić information content (AvgIpc) is 2.17. The molecule has 0 amide bonds. The smallest absolute Gasteiger partial charge is 0.481 e. The van der Waals surface area contributed by atoms with Crippen LogP contribution in [0.15, 0.2) is 0 Å². The number of carbonyl (C=O) groups excluding carboxylic acids is 1. The Morgan fingerprint density at radius 1 is 1.36 bits per heavy atom. The number of aliphatic carboxylic acids is 1. The van der Waals surface area contributed by atoms with Crippen LogP contribution in [0.5, 0.6) is 0 Å². The van der Waals surface area contributed by atoms with Gasteiger partial charge >= 0.3 is 12.1 Å². The molecule has 0 aromatic heterocycles. The average molecular weight is 206 g/mol. The number of carbonyl (C=O) groups is 2. The summed E-state index contributed by atoms with van der Waals surface area (Å²) in [6, 6.07) is 0. The van der Waals surface area contributed by atoms with E-state index in [1.54, 1.807) is 0 Å². The molecule has 0 bridgehead atoms. The Balaban J connectivity index is 0.000000241. The first-order chi connectivity index (χ1) is 6.66. The number of hydrogen-bond acceptors (Lipinski definition) is 5. The zero-order valence-corrected chi connectivity index (χ0v) is 7.77. The molecular formula is C8H14O6. The molecule has 6 nitrogen and oxygen atoms in total. The maximum Gasteiger partial charge on any atom is 0.508 e. The largest absolute Gasteiger partial charge is 0.508 e. The van der Waals surface area contributed by atoms with Crippen LogP contribution in [-0.4, -0.2) is 42.2 Å². The Morgan fingerprint density at radius 2 is 1.93 bits per heavy atom. The molecule has 1 fully saturated rings. The molecule has 0 unspecified atom stereocenters. The highest BCUT2D eigenvalue weighted by Gasteiger charge is 2.07. The molecule has 0 aromatic rings. The van der Waals surface area contributed by atoms with E-state index in [1.165, 1.54) is 0 Å². The van der Waals surface area contributed by atoms with Crippen LogP contribution < -0.4 is 0 Å². The van der Waals surface area contributed by atoms with Gasteiger partial charge in [-0.25, -0.2) is 4.79 Å². The lowest BCUT2D eigenvalue weighted by Crippen LogP contribution is -2.16. The van der Waals surface area contributed by atoms with Gasteiger partial charge in [-0.2, -0.15) is 0 Å². The van der Waals surface area contributed by atoms with Gasteiger partial charge in [0.25, 0.3) is 0 Å². The molecule has 1 heterocycles. The van der Waals surface area contributed by atoms with Crippen LogP contribution in [0.1, 0.15) is 19.3 Å². The first kappa shape index (κ1) is 12.7. The van der Waals surface area contributed by atoms with Crippen LogP contribution in [0.2, 0.25) is 0 Å².